The van der Waals surface area contributed by atoms with Crippen molar-refractivity contribution in [2.75, 3.05) is 32.7 Å². The Hall–Kier alpha value is -4.29. The van der Waals surface area contributed by atoms with Gasteiger partial charge in [-0.3, -0.25) is 14.5 Å². The van der Waals surface area contributed by atoms with Gasteiger partial charge in [0.25, 0.3) is 11.8 Å². The molecule has 40 heavy (non-hydrogen) atoms. The van der Waals surface area contributed by atoms with Gasteiger partial charge in [-0.05, 0) is 12.1 Å². The Balaban J connectivity index is 1.73. The molecule has 18 heteroatoms. The van der Waals surface area contributed by atoms with E-state index in [4.69, 9.17) is 34.3 Å². The maximum Gasteiger partial charge on any atom is 0.511 e. The van der Waals surface area contributed by atoms with E-state index in [2.05, 4.69) is 15.2 Å². The number of nitrogens with zero attached hydrogens (tertiary/aromatic N) is 2. The van der Waals surface area contributed by atoms with Crippen molar-refractivity contribution in [3.63, 3.8) is 0 Å². The molecule has 0 saturated carbocycles. The molecular weight excluding hydrogens is 560 g/mol. The molecule has 4 atom stereocenters. The summed E-state index contributed by atoms with van der Waals surface area (Å²) in [5, 5.41) is 23.4. The van der Waals surface area contributed by atoms with Gasteiger partial charge < -0.3 is 49.5 Å². The summed E-state index contributed by atoms with van der Waals surface area (Å²) in [6.07, 6.45) is -3.95. The first kappa shape index (κ1) is 30.3. The normalized spacial score (nSPS) is 19.9. The minimum atomic E-state index is -1.52. The minimum Gasteiger partial charge on any atom is -0.462 e. The highest BCUT2D eigenvalue weighted by Gasteiger charge is 2.55. The van der Waals surface area contributed by atoms with Crippen molar-refractivity contribution < 1.29 is 62.4 Å². The first-order chi connectivity index (χ1) is 19.1. The molecule has 2 aliphatic rings. The Bertz CT molecular complexity index is 1190. The van der Waals surface area contributed by atoms with Gasteiger partial charge >= 0.3 is 18.2 Å². The number of aliphatic hydroxyl groups excluding tert-OH is 2. The third-order valence-corrected chi connectivity index (χ3v) is 6.55. The summed E-state index contributed by atoms with van der Waals surface area (Å²) in [6, 6.07) is 1.91. The number of hydrogen-bond donors (Lipinski definition) is 4. The quantitative estimate of drug-likeness (QED) is 0.0560. The van der Waals surface area contributed by atoms with E-state index in [0.29, 0.717) is 0 Å². The van der Waals surface area contributed by atoms with Gasteiger partial charge in [-0.2, -0.15) is 0 Å². The molecule has 1 aromatic rings. The fraction of sp³-hybridized carbons (Fsp3) is 0.455. The van der Waals surface area contributed by atoms with Crippen LogP contribution in [0.25, 0.3) is 0 Å². The second-order valence-corrected chi connectivity index (χ2v) is 9.11. The molecule has 5 N–H and O–H groups in total. The second-order valence-electron chi connectivity index (χ2n) is 8.01. The van der Waals surface area contributed by atoms with Crippen LogP contribution >= 0.6 is 11.8 Å². The maximum atomic E-state index is 13.1. The molecule has 1 fully saturated rings. The third-order valence-electron chi connectivity index (χ3n) is 5.21. The van der Waals surface area contributed by atoms with Crippen LogP contribution in [0.3, 0.4) is 0 Å². The molecule has 0 bridgehead atoms. The summed E-state index contributed by atoms with van der Waals surface area (Å²) in [7, 11) is 1.23. The molecule has 218 valence electrons. The lowest BCUT2D eigenvalue weighted by Gasteiger charge is -2.49. The topological polar surface area (TPSA) is 239 Å². The number of nitrogens with one attached hydrogen (secondary N) is 1. The van der Waals surface area contributed by atoms with Gasteiger partial charge in [0.1, 0.15) is 43.5 Å². The largest absolute Gasteiger partial charge is 0.511 e. The van der Waals surface area contributed by atoms with Crippen LogP contribution in [-0.2, 0) is 38.2 Å². The zero-order chi connectivity index (χ0) is 29.4. The molecule has 3 amide bonds. The van der Waals surface area contributed by atoms with Gasteiger partial charge in [-0.15, -0.1) is 11.8 Å². The van der Waals surface area contributed by atoms with Gasteiger partial charge in [-0.1, -0.05) is 5.16 Å². The van der Waals surface area contributed by atoms with E-state index in [1.54, 1.807) is 0 Å². The van der Waals surface area contributed by atoms with E-state index in [1.807, 2.05) is 0 Å². The number of nitrogens with two attached hydrogens (primary N) is 1. The number of furan rings is 1. The smallest absolute Gasteiger partial charge is 0.462 e. The number of carbonyl (C=O) groups is 5. The van der Waals surface area contributed by atoms with Crippen LogP contribution in [0.1, 0.15) is 12.7 Å². The van der Waals surface area contributed by atoms with Gasteiger partial charge in [0.2, 0.25) is 12.0 Å². The average molecular weight is 587 g/mol. The summed E-state index contributed by atoms with van der Waals surface area (Å²) >= 11 is 1.16. The molecule has 1 saturated heterocycles. The molecular formula is C22H26N4O13S. The lowest BCUT2D eigenvalue weighted by molar-refractivity contribution is -0.169. The van der Waals surface area contributed by atoms with E-state index in [-0.39, 0.29) is 28.5 Å². The number of ether oxygens (including phenoxy) is 4. The van der Waals surface area contributed by atoms with Crippen molar-refractivity contribution in [2.24, 2.45) is 10.9 Å². The first-order valence-corrected chi connectivity index (χ1v) is 12.5. The highest BCUT2D eigenvalue weighted by Crippen LogP contribution is 2.41. The number of aliphatic hydroxyl groups is 2. The number of oxime groups is 1. The van der Waals surface area contributed by atoms with Crippen molar-refractivity contribution in [2.45, 2.75) is 30.7 Å². The van der Waals surface area contributed by atoms with E-state index in [0.717, 1.165) is 16.7 Å². The molecule has 3 rings (SSSR count). The van der Waals surface area contributed by atoms with Gasteiger partial charge in [0, 0.05) is 18.2 Å². The van der Waals surface area contributed by atoms with Gasteiger partial charge in [0.15, 0.2) is 5.76 Å². The molecule has 1 aromatic heterocycles. The number of β-lactam (4-membered cyclic amide) rings is 1. The molecule has 0 aromatic carbocycles. The van der Waals surface area contributed by atoms with Crippen LogP contribution in [0.15, 0.2) is 39.2 Å². The second kappa shape index (κ2) is 13.7. The summed E-state index contributed by atoms with van der Waals surface area (Å²) < 4.78 is 24.5. The van der Waals surface area contributed by atoms with Crippen molar-refractivity contribution >= 4 is 47.5 Å². The van der Waals surface area contributed by atoms with Crippen molar-refractivity contribution in [1.29, 1.82) is 0 Å². The fourth-order valence-corrected chi connectivity index (χ4v) is 4.80. The number of thioether (sulfide) groups is 1. The van der Waals surface area contributed by atoms with Gasteiger partial charge in [0.05, 0.1) is 12.9 Å². The third kappa shape index (κ3) is 7.21. The fourth-order valence-electron chi connectivity index (χ4n) is 3.47. The Morgan fingerprint density at radius 2 is 2.05 bits per heavy atom. The monoisotopic (exact) mass is 586 g/mol. The van der Waals surface area contributed by atoms with E-state index < -0.39 is 73.7 Å². The number of esters is 1. The van der Waals surface area contributed by atoms with Crippen molar-refractivity contribution in [1.82, 2.24) is 10.2 Å². The van der Waals surface area contributed by atoms with Crippen LogP contribution in [0.2, 0.25) is 0 Å². The lowest BCUT2D eigenvalue weighted by atomic mass is 10.0. The SMILES string of the molecule is CON=C(C(=O)NC1C(=O)N2C(C(=O)OC(C)OC(=O)OCC(O)CO)=C(COC(N)=O)CSC12)c1ccco1. The highest BCUT2D eigenvalue weighted by atomic mass is 32.2. The average Bonchev–Trinajstić information content (AvgIpc) is 3.45. The Morgan fingerprint density at radius 3 is 2.67 bits per heavy atom. The summed E-state index contributed by atoms with van der Waals surface area (Å²) in [5.41, 5.74) is 4.68. The van der Waals surface area contributed by atoms with Crippen LogP contribution in [0.5, 0.6) is 0 Å². The molecule has 17 nitrogen and oxygen atoms in total. The van der Waals surface area contributed by atoms with Crippen molar-refractivity contribution in [3.05, 3.63) is 35.4 Å². The minimum absolute atomic E-state index is 0.0755. The maximum absolute atomic E-state index is 13.1. The van der Waals surface area contributed by atoms with Crippen LogP contribution in [-0.4, -0.2) is 107 Å². The van der Waals surface area contributed by atoms with E-state index in [1.165, 1.54) is 32.4 Å². The lowest BCUT2D eigenvalue weighted by Crippen LogP contribution is -2.71. The van der Waals surface area contributed by atoms with Crippen LogP contribution < -0.4 is 11.1 Å². The van der Waals surface area contributed by atoms with Crippen LogP contribution in [0, 0.1) is 0 Å². The molecule has 4 unspecified atom stereocenters. The zero-order valence-corrected chi connectivity index (χ0v) is 22.0. The van der Waals surface area contributed by atoms with Gasteiger partial charge in [-0.25, -0.2) is 14.4 Å². The number of amides is 3. The number of hydrogen-bond acceptors (Lipinski definition) is 15. The molecule has 2 aliphatic heterocycles. The Morgan fingerprint density at radius 1 is 1.30 bits per heavy atom. The standard InChI is InChI=1S/C22H26N4O13S/c1-10(39-22(33)37-8-12(28)6-27)38-20(31)16-11(7-36-21(23)32)9-40-19-15(18(30)26(16)19)24-17(29)14(25-34-2)13-4-3-5-35-13/h3-5,10,12,15,19,27-28H,6-9H2,1-2H3,(H2,23,32)(H,24,29). The predicted octanol–water partition coefficient (Wildman–Crippen LogP) is -1.22. The number of carbonyl (C=O) groups excluding carboxylic acids is 5. The van der Waals surface area contributed by atoms with Crippen molar-refractivity contribution in [3.8, 4) is 0 Å². The molecule has 3 heterocycles. The zero-order valence-electron chi connectivity index (χ0n) is 21.1. The predicted molar refractivity (Wildman–Crippen MR) is 131 cm³/mol. The summed E-state index contributed by atoms with van der Waals surface area (Å²) in [5.74, 6) is -2.42. The molecule has 0 aliphatic carbocycles. The number of rotatable bonds is 12. The Kier molecular flexibility index (Phi) is 10.3. The first-order valence-electron chi connectivity index (χ1n) is 11.4. The summed E-state index contributed by atoms with van der Waals surface area (Å²) in [4.78, 5) is 67.7. The molecule has 0 spiro atoms. The Labute approximate surface area is 230 Å². The van der Waals surface area contributed by atoms with E-state index in [9.17, 15) is 29.1 Å². The van der Waals surface area contributed by atoms with Crippen LogP contribution in [0.4, 0.5) is 9.59 Å². The highest BCUT2D eigenvalue weighted by molar-refractivity contribution is 8.00. The number of fused-ring (bicyclic) bond motifs is 1. The molecule has 0 radical (unpaired) electrons. The van der Waals surface area contributed by atoms with E-state index >= 15 is 0 Å². The number of primary amides is 1. The summed E-state index contributed by atoms with van der Waals surface area (Å²) in [6.45, 7) is -0.487.